The summed E-state index contributed by atoms with van der Waals surface area (Å²) in [6.07, 6.45) is 0.961. The third kappa shape index (κ3) is 9.46. The van der Waals surface area contributed by atoms with Gasteiger partial charge in [-0.05, 0) is 31.5 Å². The standard InChI is InChI=1S/C14H23N5O2.C2H6/c1-3-6-16-8-13(20)18-9-14(21)17-7-11-4-5-12(15)19-10(11)2;1-2/h4-5,16H,3,6-9H2,1-2H3,(H2,15,19)(H,17,21)(H,18,20);1-2H3. The zero-order chi connectivity index (χ0) is 17.7. The number of nitrogens with one attached hydrogen (secondary N) is 3. The van der Waals surface area contributed by atoms with Crippen LogP contribution in [0, 0.1) is 6.92 Å². The summed E-state index contributed by atoms with van der Waals surface area (Å²) >= 11 is 0. The van der Waals surface area contributed by atoms with Crippen molar-refractivity contribution in [3.63, 3.8) is 0 Å². The predicted octanol–water partition coefficient (Wildman–Crippen LogP) is 0.730. The fraction of sp³-hybridized carbons (Fsp3) is 0.562. The van der Waals surface area contributed by atoms with E-state index in [1.165, 1.54) is 0 Å². The maximum Gasteiger partial charge on any atom is 0.239 e. The van der Waals surface area contributed by atoms with Crippen molar-refractivity contribution in [3.05, 3.63) is 23.4 Å². The van der Waals surface area contributed by atoms with E-state index < -0.39 is 0 Å². The van der Waals surface area contributed by atoms with E-state index in [-0.39, 0.29) is 24.9 Å². The second-order valence-electron chi connectivity index (χ2n) is 4.71. The van der Waals surface area contributed by atoms with Gasteiger partial charge in [0.1, 0.15) is 5.82 Å². The van der Waals surface area contributed by atoms with Crippen molar-refractivity contribution < 1.29 is 9.59 Å². The number of anilines is 1. The minimum absolute atomic E-state index is 0.0336. The molecule has 0 atom stereocenters. The molecule has 1 heterocycles. The Hall–Kier alpha value is -2.15. The van der Waals surface area contributed by atoms with Gasteiger partial charge in [0, 0.05) is 12.2 Å². The van der Waals surface area contributed by atoms with Crippen molar-refractivity contribution in [1.29, 1.82) is 0 Å². The van der Waals surface area contributed by atoms with E-state index >= 15 is 0 Å². The van der Waals surface area contributed by atoms with Gasteiger partial charge in [0.25, 0.3) is 0 Å². The Bertz CT molecular complexity index is 491. The number of amides is 2. The van der Waals surface area contributed by atoms with E-state index in [1.54, 1.807) is 6.07 Å². The molecule has 0 saturated carbocycles. The van der Waals surface area contributed by atoms with Gasteiger partial charge in [-0.25, -0.2) is 4.98 Å². The average Bonchev–Trinajstić information content (AvgIpc) is 2.54. The lowest BCUT2D eigenvalue weighted by Gasteiger charge is -2.09. The van der Waals surface area contributed by atoms with Gasteiger partial charge in [0.05, 0.1) is 13.1 Å². The van der Waals surface area contributed by atoms with E-state index in [1.807, 2.05) is 33.8 Å². The lowest BCUT2D eigenvalue weighted by molar-refractivity contribution is -0.125. The molecule has 23 heavy (non-hydrogen) atoms. The monoisotopic (exact) mass is 323 g/mol. The van der Waals surface area contributed by atoms with Crippen LogP contribution in [0.25, 0.3) is 0 Å². The Labute approximate surface area is 138 Å². The molecule has 0 aromatic carbocycles. The van der Waals surface area contributed by atoms with Gasteiger partial charge in [-0.2, -0.15) is 0 Å². The quantitative estimate of drug-likeness (QED) is 0.527. The summed E-state index contributed by atoms with van der Waals surface area (Å²) in [4.78, 5) is 27.2. The molecule has 5 N–H and O–H groups in total. The lowest BCUT2D eigenvalue weighted by atomic mass is 10.2. The van der Waals surface area contributed by atoms with Crippen molar-refractivity contribution in [1.82, 2.24) is 20.9 Å². The summed E-state index contributed by atoms with van der Waals surface area (Å²) in [7, 11) is 0. The maximum atomic E-state index is 11.6. The van der Waals surface area contributed by atoms with E-state index in [9.17, 15) is 9.59 Å². The normalized spacial score (nSPS) is 9.57. The van der Waals surface area contributed by atoms with Crippen molar-refractivity contribution in [2.75, 3.05) is 25.4 Å². The van der Waals surface area contributed by atoms with Crippen LogP contribution in [-0.4, -0.2) is 36.4 Å². The molecule has 130 valence electrons. The molecule has 0 aliphatic heterocycles. The lowest BCUT2D eigenvalue weighted by Crippen LogP contribution is -2.40. The van der Waals surface area contributed by atoms with Crippen LogP contribution in [0.1, 0.15) is 38.4 Å². The van der Waals surface area contributed by atoms with E-state index in [2.05, 4.69) is 20.9 Å². The molecule has 1 rings (SSSR count). The minimum Gasteiger partial charge on any atom is -0.384 e. The van der Waals surface area contributed by atoms with Gasteiger partial charge < -0.3 is 21.7 Å². The smallest absolute Gasteiger partial charge is 0.239 e. The van der Waals surface area contributed by atoms with Crippen molar-refractivity contribution in [3.8, 4) is 0 Å². The molecule has 1 aromatic heterocycles. The molecular weight excluding hydrogens is 294 g/mol. The maximum absolute atomic E-state index is 11.6. The molecule has 0 spiro atoms. The molecule has 0 aliphatic rings. The molecule has 0 fully saturated rings. The summed E-state index contributed by atoms with van der Waals surface area (Å²) in [6.45, 7) is 9.19. The van der Waals surface area contributed by atoms with Gasteiger partial charge in [-0.1, -0.05) is 26.8 Å². The van der Waals surface area contributed by atoms with Crippen LogP contribution in [0.5, 0.6) is 0 Å². The first-order valence-corrected chi connectivity index (χ1v) is 7.99. The Balaban J connectivity index is 0.00000232. The van der Waals surface area contributed by atoms with Gasteiger partial charge in [-0.3, -0.25) is 9.59 Å². The predicted molar refractivity (Wildman–Crippen MR) is 92.8 cm³/mol. The number of nitrogen functional groups attached to an aromatic ring is 1. The highest BCUT2D eigenvalue weighted by molar-refractivity contribution is 5.85. The Morgan fingerprint density at radius 1 is 1.13 bits per heavy atom. The van der Waals surface area contributed by atoms with Crippen LogP contribution in [0.15, 0.2) is 12.1 Å². The highest BCUT2D eigenvalue weighted by Gasteiger charge is 2.06. The second kappa shape index (κ2) is 12.4. The Morgan fingerprint density at radius 3 is 2.39 bits per heavy atom. The number of rotatable bonds is 8. The van der Waals surface area contributed by atoms with E-state index in [0.717, 1.165) is 24.2 Å². The molecule has 7 heteroatoms. The fourth-order valence-corrected chi connectivity index (χ4v) is 1.67. The molecule has 0 unspecified atom stereocenters. The molecule has 0 radical (unpaired) electrons. The van der Waals surface area contributed by atoms with Crippen LogP contribution in [-0.2, 0) is 16.1 Å². The number of nitrogens with two attached hydrogens (primary N) is 1. The topological polar surface area (TPSA) is 109 Å². The number of aromatic nitrogens is 1. The molecular formula is C16H29N5O2. The van der Waals surface area contributed by atoms with Crippen molar-refractivity contribution >= 4 is 17.6 Å². The summed E-state index contributed by atoms with van der Waals surface area (Å²) in [5.41, 5.74) is 7.24. The number of aryl methyl sites for hydroxylation is 1. The van der Waals surface area contributed by atoms with Crippen molar-refractivity contribution in [2.24, 2.45) is 0 Å². The van der Waals surface area contributed by atoms with Crippen LogP contribution in [0.4, 0.5) is 5.82 Å². The Kier molecular flexibility index (Phi) is 11.2. The average molecular weight is 323 g/mol. The van der Waals surface area contributed by atoms with Crippen LogP contribution in [0.3, 0.4) is 0 Å². The number of hydrogen-bond donors (Lipinski definition) is 4. The van der Waals surface area contributed by atoms with Crippen molar-refractivity contribution in [2.45, 2.75) is 40.7 Å². The highest BCUT2D eigenvalue weighted by Crippen LogP contribution is 2.07. The zero-order valence-electron chi connectivity index (χ0n) is 14.5. The summed E-state index contributed by atoms with van der Waals surface area (Å²) in [5, 5.41) is 8.24. The van der Waals surface area contributed by atoms with Crippen LogP contribution in [0.2, 0.25) is 0 Å². The van der Waals surface area contributed by atoms with Gasteiger partial charge in [0.2, 0.25) is 11.8 Å². The number of carbonyl (C=O) groups is 2. The fourth-order valence-electron chi connectivity index (χ4n) is 1.67. The third-order valence-electron chi connectivity index (χ3n) is 2.85. The first kappa shape index (κ1) is 20.9. The summed E-state index contributed by atoms with van der Waals surface area (Å²) in [6, 6.07) is 3.51. The minimum atomic E-state index is -0.241. The van der Waals surface area contributed by atoms with Crippen LogP contribution < -0.4 is 21.7 Å². The van der Waals surface area contributed by atoms with Crippen LogP contribution >= 0.6 is 0 Å². The van der Waals surface area contributed by atoms with E-state index in [0.29, 0.717) is 12.4 Å². The summed E-state index contributed by atoms with van der Waals surface area (Å²) in [5.74, 6) is 0.0217. The van der Waals surface area contributed by atoms with Gasteiger partial charge in [0.15, 0.2) is 0 Å². The molecule has 0 bridgehead atoms. The summed E-state index contributed by atoms with van der Waals surface area (Å²) < 4.78 is 0. The van der Waals surface area contributed by atoms with Gasteiger partial charge in [-0.15, -0.1) is 0 Å². The van der Waals surface area contributed by atoms with E-state index in [4.69, 9.17) is 5.73 Å². The van der Waals surface area contributed by atoms with Gasteiger partial charge >= 0.3 is 0 Å². The second-order valence-corrected chi connectivity index (χ2v) is 4.71. The number of nitrogens with zero attached hydrogens (tertiary/aromatic N) is 1. The molecule has 7 nitrogen and oxygen atoms in total. The number of carbonyl (C=O) groups excluding carboxylic acids is 2. The molecule has 0 saturated heterocycles. The number of hydrogen-bond acceptors (Lipinski definition) is 5. The number of pyridine rings is 1. The third-order valence-corrected chi connectivity index (χ3v) is 2.85. The first-order chi connectivity index (χ1) is 11.0. The SMILES string of the molecule is CC.CCCNCC(=O)NCC(=O)NCc1ccc(N)nc1C. The first-order valence-electron chi connectivity index (χ1n) is 7.99. The molecule has 1 aromatic rings. The highest BCUT2D eigenvalue weighted by atomic mass is 16.2. The largest absolute Gasteiger partial charge is 0.384 e. The molecule has 2 amide bonds. The molecule has 0 aliphatic carbocycles. The zero-order valence-corrected chi connectivity index (χ0v) is 14.5. The Morgan fingerprint density at radius 2 is 1.78 bits per heavy atom.